The summed E-state index contributed by atoms with van der Waals surface area (Å²) in [5.74, 6) is 4.16. The van der Waals surface area contributed by atoms with Crippen molar-refractivity contribution in [2.45, 2.75) is 85.7 Å². The number of hydrogen-bond acceptors (Lipinski definition) is 8. The van der Waals surface area contributed by atoms with Crippen molar-refractivity contribution in [1.82, 2.24) is 9.97 Å². The van der Waals surface area contributed by atoms with Crippen LogP contribution >= 0.6 is 46.2 Å². The summed E-state index contributed by atoms with van der Waals surface area (Å²) in [4.78, 5) is 9.56. The highest BCUT2D eigenvalue weighted by molar-refractivity contribution is 8.01. The summed E-state index contributed by atoms with van der Waals surface area (Å²) in [5, 5.41) is 4.33. The molecule has 0 spiro atoms. The predicted octanol–water partition coefficient (Wildman–Crippen LogP) is 13.0. The van der Waals surface area contributed by atoms with Crippen molar-refractivity contribution in [2.75, 3.05) is 24.7 Å². The minimum atomic E-state index is 0.780. The van der Waals surface area contributed by atoms with Crippen molar-refractivity contribution in [3.05, 3.63) is 95.7 Å². The lowest BCUT2D eigenvalue weighted by Gasteiger charge is -2.09. The Morgan fingerprint density at radius 3 is 1.23 bits per heavy atom. The van der Waals surface area contributed by atoms with Gasteiger partial charge in [-0.1, -0.05) is 136 Å². The second kappa shape index (κ2) is 22.0. The van der Waals surface area contributed by atoms with E-state index in [4.69, 9.17) is 19.4 Å². The molecule has 0 aliphatic rings. The van der Waals surface area contributed by atoms with E-state index in [9.17, 15) is 0 Å². The lowest BCUT2D eigenvalue weighted by molar-refractivity contribution is 0.296. The van der Waals surface area contributed by atoms with Crippen molar-refractivity contribution in [2.24, 2.45) is 0 Å². The van der Waals surface area contributed by atoms with Gasteiger partial charge in [0, 0.05) is 33.4 Å². The van der Waals surface area contributed by atoms with Crippen LogP contribution in [0.2, 0.25) is 0 Å². The topological polar surface area (TPSA) is 44.2 Å². The Bertz CT molecular complexity index is 1420. The lowest BCUT2D eigenvalue weighted by Crippen LogP contribution is -1.99. The molecule has 0 fully saturated rings. The van der Waals surface area contributed by atoms with Crippen LogP contribution in [0.25, 0.3) is 22.5 Å². The molecule has 0 atom stereocenters. The molecule has 2 aromatic heterocycles. The Labute approximate surface area is 304 Å². The molecule has 0 bridgehead atoms. The molecule has 48 heavy (non-hydrogen) atoms. The van der Waals surface area contributed by atoms with E-state index in [1.165, 1.54) is 84.0 Å². The van der Waals surface area contributed by atoms with Gasteiger partial charge in [0.1, 0.15) is 11.5 Å². The highest BCUT2D eigenvalue weighted by Crippen LogP contribution is 2.30. The maximum absolute atomic E-state index is 5.96. The van der Waals surface area contributed by atoms with Gasteiger partial charge in [-0.2, -0.15) is 0 Å². The predicted molar refractivity (Wildman–Crippen MR) is 209 cm³/mol. The van der Waals surface area contributed by atoms with Gasteiger partial charge in [0.2, 0.25) is 0 Å². The maximum atomic E-state index is 5.96. The van der Waals surface area contributed by atoms with E-state index in [0.717, 1.165) is 60.4 Å². The lowest BCUT2D eigenvalue weighted by atomic mass is 10.1. The first kappa shape index (κ1) is 36.5. The van der Waals surface area contributed by atoms with Crippen molar-refractivity contribution in [3.63, 3.8) is 0 Å². The second-order valence-electron chi connectivity index (χ2n) is 11.8. The third-order valence-electron chi connectivity index (χ3n) is 7.99. The number of unbranched alkanes of at least 4 members (excludes halogenated alkanes) is 10. The third kappa shape index (κ3) is 13.6. The van der Waals surface area contributed by atoms with Crippen LogP contribution in [0.1, 0.15) is 77.0 Å². The molecule has 0 radical (unpaired) electrons. The minimum absolute atomic E-state index is 0.780. The summed E-state index contributed by atoms with van der Waals surface area (Å²) in [5.41, 5.74) is 4.58. The quantitative estimate of drug-likeness (QED) is 0.0468. The van der Waals surface area contributed by atoms with Gasteiger partial charge < -0.3 is 9.47 Å². The van der Waals surface area contributed by atoms with E-state index in [1.807, 2.05) is 59.9 Å². The van der Waals surface area contributed by atoms with Crippen LogP contribution in [-0.2, 0) is 0 Å². The Hall–Kier alpha value is -2.78. The first-order valence-corrected chi connectivity index (χ1v) is 21.2. The average Bonchev–Trinajstić information content (AvgIpc) is 3.82. The van der Waals surface area contributed by atoms with Crippen molar-refractivity contribution in [3.8, 4) is 34.0 Å². The Morgan fingerprint density at radius 1 is 0.438 bits per heavy atom. The molecule has 8 heteroatoms. The van der Waals surface area contributed by atoms with Crippen molar-refractivity contribution < 1.29 is 9.47 Å². The van der Waals surface area contributed by atoms with Crippen molar-refractivity contribution in [1.29, 1.82) is 0 Å². The number of ether oxygens (including phenoxy) is 2. The Morgan fingerprint density at radius 2 is 0.812 bits per heavy atom. The van der Waals surface area contributed by atoms with E-state index >= 15 is 0 Å². The second-order valence-corrected chi connectivity index (χ2v) is 16.2. The fraction of sp³-hybridized carbons (Fsp3) is 0.400. The molecule has 0 aliphatic heterocycles. The van der Waals surface area contributed by atoms with E-state index in [1.54, 1.807) is 22.7 Å². The average molecular weight is 717 g/mol. The molecule has 3 aromatic carbocycles. The number of rotatable bonds is 24. The zero-order chi connectivity index (χ0) is 32.9. The molecular formula is C40H48N2O2S4. The highest BCUT2D eigenvalue weighted by Gasteiger charge is 2.06. The van der Waals surface area contributed by atoms with Crippen LogP contribution in [0.5, 0.6) is 11.5 Å². The molecule has 0 amide bonds. The fourth-order valence-corrected chi connectivity index (χ4v) is 9.09. The van der Waals surface area contributed by atoms with Crippen LogP contribution < -0.4 is 9.47 Å². The third-order valence-corrected chi connectivity index (χ3v) is 12.2. The van der Waals surface area contributed by atoms with Gasteiger partial charge in [0.05, 0.1) is 24.6 Å². The molecule has 2 heterocycles. The molecule has 0 unspecified atom stereocenters. The SMILES string of the molecule is c1ccc(-c2csc(SCCCCCCCCOc3ccc(OCCCCCCCCSc4nc(-c5ccccc5)cs4)cc3)n2)cc1. The molecule has 254 valence electrons. The number of hydrogen-bond donors (Lipinski definition) is 0. The van der Waals surface area contributed by atoms with E-state index in [-0.39, 0.29) is 0 Å². The van der Waals surface area contributed by atoms with Gasteiger partial charge >= 0.3 is 0 Å². The molecule has 0 saturated carbocycles. The van der Waals surface area contributed by atoms with Crippen LogP contribution in [0.3, 0.4) is 0 Å². The first-order valence-electron chi connectivity index (χ1n) is 17.5. The van der Waals surface area contributed by atoms with E-state index in [0.29, 0.717) is 0 Å². The fourth-order valence-electron chi connectivity index (χ4n) is 5.28. The molecular weight excluding hydrogens is 669 g/mol. The van der Waals surface area contributed by atoms with Crippen LogP contribution in [0, 0.1) is 0 Å². The molecule has 5 aromatic rings. The minimum Gasteiger partial charge on any atom is -0.494 e. The summed E-state index contributed by atoms with van der Waals surface area (Å²) in [6.45, 7) is 1.56. The van der Waals surface area contributed by atoms with Crippen LogP contribution in [0.4, 0.5) is 0 Å². The monoisotopic (exact) mass is 716 g/mol. The van der Waals surface area contributed by atoms with Gasteiger partial charge in [-0.3, -0.25) is 0 Å². The first-order chi connectivity index (χ1) is 23.8. The standard InChI is InChI=1S/C40H48N2O2S4/c1(3-7-17-29-45-39-41-37(31-47-39)33-19-11-9-12-20-33)5-15-27-43-35-23-25-36(26-24-35)44-28-16-6-2-4-8-18-30-46-40-42-38(32-48-40)34-21-13-10-14-22-34/h9-14,19-26,31-32H,1-8,15-18,27-30H2. The molecule has 4 nitrogen and oxygen atoms in total. The summed E-state index contributed by atoms with van der Waals surface area (Å²) in [6.07, 6.45) is 14.9. The summed E-state index contributed by atoms with van der Waals surface area (Å²) in [7, 11) is 0. The molecule has 0 saturated heterocycles. The van der Waals surface area contributed by atoms with Crippen LogP contribution in [0.15, 0.2) is 104 Å². The van der Waals surface area contributed by atoms with Crippen LogP contribution in [-0.4, -0.2) is 34.7 Å². The smallest absolute Gasteiger partial charge is 0.150 e. The maximum Gasteiger partial charge on any atom is 0.150 e. The zero-order valence-electron chi connectivity index (χ0n) is 27.9. The van der Waals surface area contributed by atoms with Gasteiger partial charge in [-0.05, 0) is 49.9 Å². The Kier molecular flexibility index (Phi) is 16.8. The van der Waals surface area contributed by atoms with Gasteiger partial charge in [0.15, 0.2) is 8.68 Å². The van der Waals surface area contributed by atoms with Gasteiger partial charge in [-0.25, -0.2) is 9.97 Å². The summed E-state index contributed by atoms with van der Waals surface area (Å²) in [6, 6.07) is 29.0. The molecule has 0 aliphatic carbocycles. The van der Waals surface area contributed by atoms with E-state index in [2.05, 4.69) is 59.3 Å². The van der Waals surface area contributed by atoms with Crippen molar-refractivity contribution >= 4 is 46.2 Å². The number of benzene rings is 3. The van der Waals surface area contributed by atoms with Gasteiger partial charge in [0.25, 0.3) is 0 Å². The zero-order valence-corrected chi connectivity index (χ0v) is 31.2. The summed E-state index contributed by atoms with van der Waals surface area (Å²) >= 11 is 7.30. The summed E-state index contributed by atoms with van der Waals surface area (Å²) < 4.78 is 14.3. The number of aromatic nitrogens is 2. The Balaban J connectivity index is 0.788. The molecule has 0 N–H and O–H groups in total. The number of thiazole rings is 2. The number of nitrogens with zero attached hydrogens (tertiary/aromatic N) is 2. The van der Waals surface area contributed by atoms with E-state index < -0.39 is 0 Å². The normalized spacial score (nSPS) is 11.2. The molecule has 5 rings (SSSR count). The number of thioether (sulfide) groups is 2. The van der Waals surface area contributed by atoms with Gasteiger partial charge in [-0.15, -0.1) is 22.7 Å². The highest BCUT2D eigenvalue weighted by atomic mass is 32.2. The largest absolute Gasteiger partial charge is 0.494 e.